The minimum Gasteiger partial charge on any atom is -0.481 e. The highest BCUT2D eigenvalue weighted by atomic mass is 19.1. The lowest BCUT2D eigenvalue weighted by atomic mass is 9.91. The molecule has 1 aliphatic rings. The molecule has 1 atom stereocenters. The van der Waals surface area contributed by atoms with Gasteiger partial charge in [0, 0.05) is 12.8 Å². The molecule has 0 bridgehead atoms. The highest BCUT2D eigenvalue weighted by molar-refractivity contribution is 5.76. The Bertz CT molecular complexity index is 541. The Morgan fingerprint density at radius 2 is 1.91 bits per heavy atom. The number of amides is 1. The van der Waals surface area contributed by atoms with Crippen molar-refractivity contribution in [2.45, 2.75) is 57.4 Å². The molecule has 5 heteroatoms. The van der Waals surface area contributed by atoms with Gasteiger partial charge in [-0.1, -0.05) is 25.0 Å². The number of carboxylic acids is 1. The molecule has 2 N–H and O–H groups in total. The lowest BCUT2D eigenvalue weighted by Crippen LogP contribution is -2.32. The molecule has 1 fully saturated rings. The maximum absolute atomic E-state index is 13.5. The van der Waals surface area contributed by atoms with Crippen molar-refractivity contribution in [2.75, 3.05) is 0 Å². The largest absolute Gasteiger partial charge is 0.481 e. The summed E-state index contributed by atoms with van der Waals surface area (Å²) in [6, 6.07) is 6.28. The maximum atomic E-state index is 13.5. The summed E-state index contributed by atoms with van der Waals surface area (Å²) >= 11 is 0. The van der Waals surface area contributed by atoms with Gasteiger partial charge in [-0.25, -0.2) is 4.39 Å². The standard InChI is InChI=1S/C18H24FNO3/c19-15-9-5-8-14(12-15)18(13-6-1-2-7-13)20-16(21)10-3-4-11-17(22)23/h5,8-9,12-13,18H,1-4,6-7,10-11H2,(H,20,21)(H,22,23). The molecular formula is C18H24FNO3. The van der Waals surface area contributed by atoms with Crippen LogP contribution in [-0.4, -0.2) is 17.0 Å². The van der Waals surface area contributed by atoms with Gasteiger partial charge in [0.2, 0.25) is 5.91 Å². The molecule has 0 heterocycles. The molecule has 1 amide bonds. The van der Waals surface area contributed by atoms with Gasteiger partial charge in [0.25, 0.3) is 0 Å². The van der Waals surface area contributed by atoms with Crippen LogP contribution in [0.1, 0.15) is 63.0 Å². The van der Waals surface area contributed by atoms with Crippen LogP contribution in [0, 0.1) is 11.7 Å². The summed E-state index contributed by atoms with van der Waals surface area (Å²) in [5.41, 5.74) is 0.816. The van der Waals surface area contributed by atoms with E-state index >= 15 is 0 Å². The van der Waals surface area contributed by atoms with E-state index in [1.165, 1.54) is 12.1 Å². The average Bonchev–Trinajstić information content (AvgIpc) is 3.03. The Labute approximate surface area is 136 Å². The number of unbranched alkanes of at least 4 members (excludes halogenated alkanes) is 1. The second kappa shape index (κ2) is 8.65. The van der Waals surface area contributed by atoms with Crippen molar-refractivity contribution in [2.24, 2.45) is 5.92 Å². The molecule has 4 nitrogen and oxygen atoms in total. The summed E-state index contributed by atoms with van der Waals surface area (Å²) in [6.45, 7) is 0. The fourth-order valence-corrected chi connectivity index (χ4v) is 3.27. The van der Waals surface area contributed by atoms with E-state index in [1.54, 1.807) is 6.07 Å². The summed E-state index contributed by atoms with van der Waals surface area (Å²) in [5.74, 6) is -0.869. The van der Waals surface area contributed by atoms with E-state index in [9.17, 15) is 14.0 Å². The molecule has 0 aromatic heterocycles. The molecule has 0 saturated heterocycles. The van der Waals surface area contributed by atoms with E-state index in [0.29, 0.717) is 25.2 Å². The fourth-order valence-electron chi connectivity index (χ4n) is 3.27. The van der Waals surface area contributed by atoms with Crippen molar-refractivity contribution < 1.29 is 19.1 Å². The highest BCUT2D eigenvalue weighted by Gasteiger charge is 2.27. The number of rotatable bonds is 8. The zero-order valence-electron chi connectivity index (χ0n) is 13.3. The van der Waals surface area contributed by atoms with Crippen molar-refractivity contribution in [3.05, 3.63) is 35.6 Å². The zero-order valence-corrected chi connectivity index (χ0v) is 13.3. The highest BCUT2D eigenvalue weighted by Crippen LogP contribution is 2.36. The maximum Gasteiger partial charge on any atom is 0.303 e. The average molecular weight is 321 g/mol. The minimum absolute atomic E-state index is 0.0865. The van der Waals surface area contributed by atoms with Crippen LogP contribution in [-0.2, 0) is 9.59 Å². The number of halogens is 1. The first-order valence-corrected chi connectivity index (χ1v) is 8.33. The number of nitrogens with one attached hydrogen (secondary N) is 1. The number of benzene rings is 1. The van der Waals surface area contributed by atoms with Gasteiger partial charge in [-0.2, -0.15) is 0 Å². The zero-order chi connectivity index (χ0) is 16.7. The quantitative estimate of drug-likeness (QED) is 0.715. The van der Waals surface area contributed by atoms with Gasteiger partial charge in [0.1, 0.15) is 5.82 Å². The topological polar surface area (TPSA) is 66.4 Å². The van der Waals surface area contributed by atoms with Crippen LogP contribution in [0.15, 0.2) is 24.3 Å². The van der Waals surface area contributed by atoms with Gasteiger partial charge in [-0.15, -0.1) is 0 Å². The second-order valence-electron chi connectivity index (χ2n) is 6.25. The van der Waals surface area contributed by atoms with Crippen molar-refractivity contribution in [1.82, 2.24) is 5.32 Å². The molecule has 23 heavy (non-hydrogen) atoms. The summed E-state index contributed by atoms with van der Waals surface area (Å²) < 4.78 is 13.5. The van der Waals surface area contributed by atoms with Crippen LogP contribution >= 0.6 is 0 Å². The molecular weight excluding hydrogens is 297 g/mol. The third kappa shape index (κ3) is 5.66. The van der Waals surface area contributed by atoms with Crippen LogP contribution in [0.3, 0.4) is 0 Å². The van der Waals surface area contributed by atoms with Gasteiger partial charge < -0.3 is 10.4 Å². The van der Waals surface area contributed by atoms with Gasteiger partial charge in [-0.3, -0.25) is 9.59 Å². The van der Waals surface area contributed by atoms with E-state index in [1.807, 2.05) is 6.07 Å². The molecule has 1 aliphatic carbocycles. The third-order valence-electron chi connectivity index (χ3n) is 4.44. The summed E-state index contributed by atoms with van der Waals surface area (Å²) in [5, 5.41) is 11.6. The summed E-state index contributed by atoms with van der Waals surface area (Å²) in [7, 11) is 0. The predicted octanol–water partition coefficient (Wildman–Crippen LogP) is 3.82. The first-order valence-electron chi connectivity index (χ1n) is 8.33. The molecule has 0 spiro atoms. The number of hydrogen-bond acceptors (Lipinski definition) is 2. The Balaban J connectivity index is 1.94. The number of aliphatic carboxylic acids is 1. The van der Waals surface area contributed by atoms with E-state index in [2.05, 4.69) is 5.32 Å². The van der Waals surface area contributed by atoms with Crippen LogP contribution in [0.5, 0.6) is 0 Å². The van der Waals surface area contributed by atoms with Crippen molar-refractivity contribution in [3.63, 3.8) is 0 Å². The molecule has 126 valence electrons. The van der Waals surface area contributed by atoms with Crippen molar-refractivity contribution in [1.29, 1.82) is 0 Å². The minimum atomic E-state index is -0.839. The van der Waals surface area contributed by atoms with E-state index in [0.717, 1.165) is 31.2 Å². The number of carbonyl (C=O) groups excluding carboxylic acids is 1. The Morgan fingerprint density at radius 3 is 2.57 bits per heavy atom. The summed E-state index contributed by atoms with van der Waals surface area (Å²) in [6.07, 6.45) is 5.82. The lowest BCUT2D eigenvalue weighted by Gasteiger charge is -2.25. The first kappa shape index (κ1) is 17.4. The van der Waals surface area contributed by atoms with Gasteiger partial charge in [-0.05, 0) is 49.3 Å². The van der Waals surface area contributed by atoms with Crippen LogP contribution in [0.2, 0.25) is 0 Å². The third-order valence-corrected chi connectivity index (χ3v) is 4.44. The molecule has 1 aromatic rings. The molecule has 0 radical (unpaired) electrons. The van der Waals surface area contributed by atoms with Crippen molar-refractivity contribution in [3.8, 4) is 0 Å². The van der Waals surface area contributed by atoms with Crippen LogP contribution in [0.4, 0.5) is 4.39 Å². The number of carboxylic acid groups (broad SMARTS) is 1. The SMILES string of the molecule is O=C(O)CCCCC(=O)NC(c1cccc(F)c1)C1CCCC1. The van der Waals surface area contributed by atoms with Gasteiger partial charge in [0.15, 0.2) is 0 Å². The van der Waals surface area contributed by atoms with Crippen LogP contribution < -0.4 is 5.32 Å². The Hall–Kier alpha value is -1.91. The first-order chi connectivity index (χ1) is 11.1. The predicted molar refractivity (Wildman–Crippen MR) is 85.3 cm³/mol. The summed E-state index contributed by atoms with van der Waals surface area (Å²) in [4.78, 5) is 22.6. The fraction of sp³-hybridized carbons (Fsp3) is 0.556. The molecule has 1 saturated carbocycles. The van der Waals surface area contributed by atoms with Crippen LogP contribution in [0.25, 0.3) is 0 Å². The van der Waals surface area contributed by atoms with E-state index < -0.39 is 5.97 Å². The van der Waals surface area contributed by atoms with Gasteiger partial charge in [0.05, 0.1) is 6.04 Å². The molecule has 1 aromatic carbocycles. The van der Waals surface area contributed by atoms with E-state index in [-0.39, 0.29) is 24.2 Å². The molecule has 2 rings (SSSR count). The van der Waals surface area contributed by atoms with E-state index in [4.69, 9.17) is 5.11 Å². The lowest BCUT2D eigenvalue weighted by molar-refractivity contribution is -0.137. The molecule has 0 aliphatic heterocycles. The smallest absolute Gasteiger partial charge is 0.303 e. The second-order valence-corrected chi connectivity index (χ2v) is 6.25. The normalized spacial score (nSPS) is 16.2. The van der Waals surface area contributed by atoms with Crippen molar-refractivity contribution >= 4 is 11.9 Å². The number of hydrogen-bond donors (Lipinski definition) is 2. The van der Waals surface area contributed by atoms with Gasteiger partial charge >= 0.3 is 5.97 Å². The number of carbonyl (C=O) groups is 2. The Morgan fingerprint density at radius 1 is 1.22 bits per heavy atom. The Kier molecular flexibility index (Phi) is 6.56. The monoisotopic (exact) mass is 321 g/mol. The molecule has 1 unspecified atom stereocenters.